The average Bonchev–Trinajstić information content (AvgIpc) is 2.69. The summed E-state index contributed by atoms with van der Waals surface area (Å²) in [5, 5.41) is 9.55. The van der Waals surface area contributed by atoms with E-state index in [4.69, 9.17) is 21.4 Å². The lowest BCUT2D eigenvalue weighted by atomic mass is 9.96. The topological polar surface area (TPSA) is 35.9 Å². The first-order valence-corrected chi connectivity index (χ1v) is 9.61. The summed E-state index contributed by atoms with van der Waals surface area (Å²) in [6.45, 7) is 6.20. The predicted octanol–water partition coefficient (Wildman–Crippen LogP) is 0.172. The molecule has 1 saturated heterocycles. The minimum absolute atomic E-state index is 0. The third-order valence-corrected chi connectivity index (χ3v) is 5.11. The van der Waals surface area contributed by atoms with Crippen LogP contribution in [0, 0.1) is 0 Å². The predicted molar refractivity (Wildman–Crippen MR) is 107 cm³/mol. The lowest BCUT2D eigenvalue weighted by Gasteiger charge is -2.39. The van der Waals surface area contributed by atoms with E-state index >= 15 is 0 Å². The van der Waals surface area contributed by atoms with Gasteiger partial charge in [0, 0.05) is 37.7 Å². The molecule has 2 aromatic rings. The largest absolute Gasteiger partial charge is 1.00 e. The van der Waals surface area contributed by atoms with E-state index in [-0.39, 0.29) is 26.5 Å². The molecule has 1 atom stereocenters. The molecule has 6 heteroatoms. The van der Waals surface area contributed by atoms with Gasteiger partial charge in [-0.05, 0) is 23.3 Å². The fraction of sp³-hybridized carbons (Fsp3) is 0.429. The van der Waals surface area contributed by atoms with Crippen LogP contribution in [0.3, 0.4) is 0 Å². The molecule has 1 aliphatic heterocycles. The first-order valence-electron chi connectivity index (χ1n) is 9.23. The molecule has 0 aromatic heterocycles. The molecule has 1 N–H and O–H groups in total. The molecule has 27 heavy (non-hydrogen) atoms. The maximum absolute atomic E-state index is 8.78. The first-order chi connectivity index (χ1) is 12.8. The Morgan fingerprint density at radius 1 is 0.926 bits per heavy atom. The van der Waals surface area contributed by atoms with Crippen molar-refractivity contribution >= 4 is 11.6 Å². The van der Waals surface area contributed by atoms with E-state index in [1.165, 1.54) is 11.1 Å². The summed E-state index contributed by atoms with van der Waals surface area (Å²) in [5.74, 6) is 0. The minimum atomic E-state index is 0. The van der Waals surface area contributed by atoms with Crippen molar-refractivity contribution in [3.63, 3.8) is 0 Å². The van der Waals surface area contributed by atoms with Gasteiger partial charge < -0.3 is 22.3 Å². The summed E-state index contributed by atoms with van der Waals surface area (Å²) in [5.41, 5.74) is 2.59. The number of aliphatic hydroxyl groups excluding tert-OH is 1. The molecule has 1 aliphatic rings. The highest BCUT2D eigenvalue weighted by Gasteiger charge is 2.26. The lowest BCUT2D eigenvalue weighted by molar-refractivity contribution is -0.00000637. The lowest BCUT2D eigenvalue weighted by Crippen LogP contribution is -3.00. The number of halogens is 2. The molecule has 0 amide bonds. The van der Waals surface area contributed by atoms with Crippen LogP contribution in [-0.4, -0.2) is 67.5 Å². The second-order valence-corrected chi connectivity index (χ2v) is 7.01. The molecule has 0 aliphatic carbocycles. The summed E-state index contributed by atoms with van der Waals surface area (Å²) >= 11 is 6.09. The van der Waals surface area contributed by atoms with E-state index in [0.717, 1.165) is 37.7 Å². The molecule has 1 fully saturated rings. The summed E-state index contributed by atoms with van der Waals surface area (Å²) < 4.78 is 5.39. The molecule has 1 heterocycles. The monoisotopic (exact) mass is 410 g/mol. The van der Waals surface area contributed by atoms with Crippen molar-refractivity contribution in [1.82, 2.24) is 9.80 Å². The molecular weight excluding hydrogens is 383 g/mol. The van der Waals surface area contributed by atoms with Gasteiger partial charge in [-0.3, -0.25) is 9.80 Å². The second kappa shape index (κ2) is 11.6. The molecule has 0 spiro atoms. The van der Waals surface area contributed by atoms with E-state index in [0.29, 0.717) is 13.2 Å². The molecule has 0 bridgehead atoms. The fourth-order valence-electron chi connectivity index (χ4n) is 3.50. The highest BCUT2D eigenvalue weighted by atomic mass is 35.5. The molecule has 148 valence electrons. The highest BCUT2D eigenvalue weighted by molar-refractivity contribution is 6.30. The number of ether oxygens (including phenoxy) is 1. The van der Waals surface area contributed by atoms with Crippen LogP contribution < -0.4 is 12.4 Å². The Morgan fingerprint density at radius 2 is 1.56 bits per heavy atom. The summed E-state index contributed by atoms with van der Waals surface area (Å²) in [6, 6.07) is 19.1. The molecule has 3 rings (SSSR count). The Kier molecular flexibility index (Phi) is 9.56. The number of piperazine rings is 1. The number of nitrogens with zero attached hydrogens (tertiary/aromatic N) is 2. The van der Waals surface area contributed by atoms with Crippen molar-refractivity contribution < 1.29 is 23.7 Å². The van der Waals surface area contributed by atoms with E-state index in [9.17, 15) is 0 Å². The third-order valence-electron chi connectivity index (χ3n) is 4.86. The van der Waals surface area contributed by atoms with Crippen LogP contribution in [0.5, 0.6) is 0 Å². The first kappa shape index (κ1) is 22.2. The van der Waals surface area contributed by atoms with E-state index < -0.39 is 0 Å². The molecule has 2 aromatic carbocycles. The van der Waals surface area contributed by atoms with Crippen LogP contribution in [0.4, 0.5) is 0 Å². The molecule has 1 unspecified atom stereocenters. The normalized spacial score (nSPS) is 16.7. The van der Waals surface area contributed by atoms with Gasteiger partial charge in [0.05, 0.1) is 25.9 Å². The van der Waals surface area contributed by atoms with Gasteiger partial charge in [-0.2, -0.15) is 0 Å². The number of aliphatic hydroxyl groups is 1. The zero-order valence-corrected chi connectivity index (χ0v) is 16.9. The van der Waals surface area contributed by atoms with Crippen molar-refractivity contribution in [3.8, 4) is 0 Å². The quantitative estimate of drug-likeness (QED) is 0.629. The van der Waals surface area contributed by atoms with Gasteiger partial charge >= 0.3 is 1.43 Å². The maximum atomic E-state index is 8.78. The number of benzene rings is 2. The van der Waals surface area contributed by atoms with Crippen molar-refractivity contribution in [2.24, 2.45) is 0 Å². The van der Waals surface area contributed by atoms with Crippen LogP contribution in [-0.2, 0) is 4.74 Å². The van der Waals surface area contributed by atoms with Gasteiger partial charge in [0.2, 0.25) is 0 Å². The zero-order chi connectivity index (χ0) is 18.2. The number of rotatable bonds is 8. The zero-order valence-electron chi connectivity index (χ0n) is 16.4. The number of hydrogen-bond acceptors (Lipinski definition) is 4. The Labute approximate surface area is 174 Å². The van der Waals surface area contributed by atoms with Crippen molar-refractivity contribution in [1.29, 1.82) is 0 Å². The maximum Gasteiger partial charge on any atom is 1.00 e. The van der Waals surface area contributed by atoms with Crippen molar-refractivity contribution in [3.05, 3.63) is 70.7 Å². The van der Waals surface area contributed by atoms with Crippen LogP contribution >= 0.6 is 11.6 Å². The van der Waals surface area contributed by atoms with Gasteiger partial charge in [0.15, 0.2) is 0 Å². The Hall–Kier alpha value is -1.14. The third kappa shape index (κ3) is 6.46. The molecule has 0 radical (unpaired) electrons. The van der Waals surface area contributed by atoms with E-state index in [1.54, 1.807) is 0 Å². The molecule has 0 saturated carbocycles. The fourth-order valence-corrected chi connectivity index (χ4v) is 3.63. The van der Waals surface area contributed by atoms with Crippen LogP contribution in [0.25, 0.3) is 0 Å². The standard InChI is InChI=1S/C21H27ClN2O2.ClH/c22-20-8-6-19(7-9-20)21(18-4-2-1-3-5-18)24-12-10-23(11-13-24)14-16-26-17-15-25;/h1-9,21,25H,10-17H2;1H. The molecule has 4 nitrogen and oxygen atoms in total. The molecular formula is C21H28Cl2N2O2. The van der Waals surface area contributed by atoms with Gasteiger partial charge in [-0.15, -0.1) is 0 Å². The van der Waals surface area contributed by atoms with Crippen LogP contribution in [0.1, 0.15) is 18.6 Å². The SMILES string of the molecule is OCCOCCN1CCN(C(c2ccccc2)c2ccc(Cl)cc2)CC1.[Cl-].[H+]. The van der Waals surface area contributed by atoms with E-state index in [1.807, 2.05) is 12.1 Å². The van der Waals surface area contributed by atoms with Gasteiger partial charge in [0.1, 0.15) is 0 Å². The minimum Gasteiger partial charge on any atom is -1.00 e. The number of hydrogen-bond donors (Lipinski definition) is 1. The Morgan fingerprint density at radius 3 is 2.19 bits per heavy atom. The summed E-state index contributed by atoms with van der Waals surface area (Å²) in [7, 11) is 0. The van der Waals surface area contributed by atoms with Gasteiger partial charge in [0.25, 0.3) is 0 Å². The summed E-state index contributed by atoms with van der Waals surface area (Å²) in [6.07, 6.45) is 0. The Balaban J connectivity index is 0.00000196. The average molecular weight is 411 g/mol. The van der Waals surface area contributed by atoms with Crippen LogP contribution in [0.2, 0.25) is 5.02 Å². The highest BCUT2D eigenvalue weighted by Crippen LogP contribution is 2.30. The second-order valence-electron chi connectivity index (χ2n) is 6.58. The van der Waals surface area contributed by atoms with Crippen molar-refractivity contribution in [2.45, 2.75) is 6.04 Å². The van der Waals surface area contributed by atoms with Gasteiger partial charge in [-0.25, -0.2) is 0 Å². The van der Waals surface area contributed by atoms with Crippen molar-refractivity contribution in [2.75, 3.05) is 52.5 Å². The Bertz CT molecular complexity index is 653. The van der Waals surface area contributed by atoms with Crippen LogP contribution in [0.15, 0.2) is 54.6 Å². The van der Waals surface area contributed by atoms with E-state index in [2.05, 4.69) is 52.3 Å². The smallest absolute Gasteiger partial charge is 1.00 e. The summed E-state index contributed by atoms with van der Waals surface area (Å²) in [4.78, 5) is 4.97. The van der Waals surface area contributed by atoms with Gasteiger partial charge in [-0.1, -0.05) is 54.1 Å².